The molecule has 1 aliphatic rings. The highest BCUT2D eigenvalue weighted by atomic mass is 16.2. The Hall–Kier alpha value is -6.28. The third-order valence-electron chi connectivity index (χ3n) is 9.53. The number of nitrogens with one attached hydrogen (secondary N) is 2. The van der Waals surface area contributed by atoms with Gasteiger partial charge in [-0.1, -0.05) is 45.0 Å². The molecule has 13 nitrogen and oxygen atoms in total. The van der Waals surface area contributed by atoms with E-state index in [1.54, 1.807) is 30.5 Å². The summed E-state index contributed by atoms with van der Waals surface area (Å²) in [5, 5.41) is 5.79. The smallest absolute Gasteiger partial charge is 0.251 e. The Morgan fingerprint density at radius 1 is 0.603 bits per heavy atom. The summed E-state index contributed by atoms with van der Waals surface area (Å²) in [6.45, 7) is 8.99. The highest BCUT2D eigenvalue weighted by molar-refractivity contribution is 5.96. The number of rotatable bonds is 9. The summed E-state index contributed by atoms with van der Waals surface area (Å²) in [4.78, 5) is 59.2. The number of aromatic nitrogens is 6. The quantitative estimate of drug-likeness (QED) is 0.148. The molecule has 7 rings (SSSR count). The zero-order valence-electron chi connectivity index (χ0n) is 33.4. The van der Waals surface area contributed by atoms with Crippen LogP contribution in [0.3, 0.4) is 0 Å². The molecule has 6 aromatic rings. The van der Waals surface area contributed by atoms with E-state index in [2.05, 4.69) is 27.4 Å². The van der Waals surface area contributed by atoms with Crippen LogP contribution in [0, 0.1) is 0 Å². The number of carbonyl (C=O) groups is 2. The molecule has 1 unspecified atom stereocenters. The van der Waals surface area contributed by atoms with Crippen LogP contribution in [-0.2, 0) is 25.9 Å². The van der Waals surface area contributed by atoms with Crippen LogP contribution in [0.5, 0.6) is 0 Å². The van der Waals surface area contributed by atoms with Gasteiger partial charge in [0.1, 0.15) is 0 Å². The molecule has 8 bridgehead atoms. The Balaban J connectivity index is 0.00000279. The monoisotopic (exact) mass is 777 g/mol. The first-order valence-electron chi connectivity index (χ1n) is 19.9. The molecule has 1 atom stereocenters. The molecule has 0 spiro atoms. The van der Waals surface area contributed by atoms with Crippen molar-refractivity contribution >= 4 is 11.8 Å². The van der Waals surface area contributed by atoms with E-state index in [0.29, 0.717) is 92.6 Å². The summed E-state index contributed by atoms with van der Waals surface area (Å²) in [6, 6.07) is 30.7. The highest BCUT2D eigenvalue weighted by Crippen LogP contribution is 2.29. The zero-order valence-corrected chi connectivity index (χ0v) is 33.4. The van der Waals surface area contributed by atoms with Crippen molar-refractivity contribution < 1.29 is 9.59 Å². The molecule has 0 aliphatic carbocycles. The molecule has 2 amide bonds. The second kappa shape index (κ2) is 20.2. The number of amides is 2. The van der Waals surface area contributed by atoms with Crippen molar-refractivity contribution in [3.63, 3.8) is 0 Å². The van der Waals surface area contributed by atoms with E-state index in [9.17, 15) is 9.59 Å². The number of nitrogens with two attached hydrogens (primary N) is 2. The lowest BCUT2D eigenvalue weighted by Crippen LogP contribution is -2.30. The molecule has 6 aromatic heterocycles. The Morgan fingerprint density at radius 3 is 1.74 bits per heavy atom. The SMILES string of the molecule is CC.CCN1Cc2cccc(n2)-c2cccc(n2)CC(c2cccc(-c3ccccn3)n2)Cc2cc(C(=O)NCCN)cc(n2)-c2cc(C(=O)NCCN)cc(n2)C1. The van der Waals surface area contributed by atoms with Gasteiger partial charge < -0.3 is 22.1 Å². The standard InChI is InChI=1S/C43H45N11O2.C2H6/c1-2-54-26-32-9-6-13-39(50-32)38-12-5-8-31(49-38)20-28(35-11-7-14-37(53-35)36-10-3-4-17-46-36)21-33-22-29(42(55)47-18-15-44)24-40(51-33)41-25-30(23-34(27-54)52-41)43(56)48-19-16-45;1-2/h3-14,17,22-25,28H,2,15-16,18-21,26-27,44-45H2,1H3,(H,47,55)(H,48,56);1-2H3. The Bertz CT molecular complexity index is 2320. The van der Waals surface area contributed by atoms with E-state index >= 15 is 0 Å². The first-order valence-corrected chi connectivity index (χ1v) is 19.9. The van der Waals surface area contributed by atoms with Crippen molar-refractivity contribution in [2.45, 2.75) is 52.6 Å². The average molecular weight is 778 g/mol. The van der Waals surface area contributed by atoms with E-state index in [0.717, 1.165) is 39.9 Å². The lowest BCUT2D eigenvalue weighted by molar-refractivity contribution is 0.0946. The van der Waals surface area contributed by atoms with Crippen molar-refractivity contribution in [1.82, 2.24) is 45.4 Å². The van der Waals surface area contributed by atoms with E-state index in [4.69, 9.17) is 36.4 Å². The van der Waals surface area contributed by atoms with E-state index < -0.39 is 0 Å². The summed E-state index contributed by atoms with van der Waals surface area (Å²) < 4.78 is 0. The fourth-order valence-corrected chi connectivity index (χ4v) is 6.77. The number of nitrogens with zero attached hydrogens (tertiary/aromatic N) is 7. The second-order valence-electron chi connectivity index (χ2n) is 13.7. The molecule has 0 saturated heterocycles. The molecular weight excluding hydrogens is 727 g/mol. The van der Waals surface area contributed by atoms with E-state index in [1.165, 1.54) is 0 Å². The van der Waals surface area contributed by atoms with Gasteiger partial charge in [-0.2, -0.15) is 0 Å². The molecule has 6 N–H and O–H groups in total. The van der Waals surface area contributed by atoms with Gasteiger partial charge >= 0.3 is 0 Å². The number of hydrogen-bond donors (Lipinski definition) is 4. The maximum atomic E-state index is 13.6. The maximum Gasteiger partial charge on any atom is 0.251 e. The van der Waals surface area contributed by atoms with Crippen molar-refractivity contribution in [3.05, 3.63) is 143 Å². The van der Waals surface area contributed by atoms with Gasteiger partial charge in [0.15, 0.2) is 0 Å². The molecule has 298 valence electrons. The fourth-order valence-electron chi connectivity index (χ4n) is 6.77. The van der Waals surface area contributed by atoms with Gasteiger partial charge in [0.25, 0.3) is 11.8 Å². The first-order chi connectivity index (χ1) is 28.4. The molecule has 0 aromatic carbocycles. The van der Waals surface area contributed by atoms with Crippen LogP contribution in [-0.4, -0.2) is 79.3 Å². The fraction of sp³-hybridized carbons (Fsp3) is 0.289. The number of carbonyl (C=O) groups excluding carboxylic acids is 2. The van der Waals surface area contributed by atoms with Crippen LogP contribution >= 0.6 is 0 Å². The Kier molecular flexibility index (Phi) is 14.4. The molecule has 58 heavy (non-hydrogen) atoms. The predicted octanol–water partition coefficient (Wildman–Crippen LogP) is 5.37. The minimum Gasteiger partial charge on any atom is -0.351 e. The van der Waals surface area contributed by atoms with Crippen LogP contribution in [0.25, 0.3) is 34.2 Å². The Morgan fingerprint density at radius 2 is 1.12 bits per heavy atom. The Labute approximate surface area is 339 Å². The summed E-state index contributed by atoms with van der Waals surface area (Å²) in [7, 11) is 0. The summed E-state index contributed by atoms with van der Waals surface area (Å²) in [6.07, 6.45) is 2.69. The normalized spacial score (nSPS) is 13.9. The molecule has 0 saturated carbocycles. The minimum absolute atomic E-state index is 0.211. The van der Waals surface area contributed by atoms with Crippen molar-refractivity contribution in [2.75, 3.05) is 32.7 Å². The minimum atomic E-state index is -0.286. The third-order valence-corrected chi connectivity index (χ3v) is 9.53. The second-order valence-corrected chi connectivity index (χ2v) is 13.7. The number of fused-ring (bicyclic) bond motifs is 10. The van der Waals surface area contributed by atoms with Crippen LogP contribution in [0.2, 0.25) is 0 Å². The molecule has 7 heterocycles. The topological polar surface area (TPSA) is 191 Å². The van der Waals surface area contributed by atoms with E-state index in [1.807, 2.05) is 86.6 Å². The van der Waals surface area contributed by atoms with Crippen LogP contribution < -0.4 is 22.1 Å². The highest BCUT2D eigenvalue weighted by Gasteiger charge is 2.22. The molecule has 0 radical (unpaired) electrons. The van der Waals surface area contributed by atoms with Gasteiger partial charge in [0.05, 0.1) is 45.6 Å². The summed E-state index contributed by atoms with van der Waals surface area (Å²) in [5.74, 6) is -0.770. The summed E-state index contributed by atoms with van der Waals surface area (Å²) >= 11 is 0. The maximum absolute atomic E-state index is 13.6. The lowest BCUT2D eigenvalue weighted by atomic mass is 9.92. The molecule has 1 aliphatic heterocycles. The molecule has 13 heteroatoms. The van der Waals surface area contributed by atoms with Crippen LogP contribution in [0.1, 0.15) is 75.9 Å². The molecular formula is C45H51N11O2. The van der Waals surface area contributed by atoms with Crippen molar-refractivity contribution in [1.29, 1.82) is 0 Å². The van der Waals surface area contributed by atoms with Gasteiger partial charge in [-0.25, -0.2) is 9.97 Å². The first kappa shape index (κ1) is 41.4. The number of hydrogen-bond acceptors (Lipinski definition) is 11. The summed E-state index contributed by atoms with van der Waals surface area (Å²) in [5.41, 5.74) is 20.2. The van der Waals surface area contributed by atoms with Crippen molar-refractivity contribution in [3.8, 4) is 34.2 Å². The van der Waals surface area contributed by atoms with E-state index in [-0.39, 0.29) is 17.7 Å². The average Bonchev–Trinajstić information content (AvgIpc) is 3.27. The molecule has 0 fully saturated rings. The van der Waals surface area contributed by atoms with Gasteiger partial charge in [-0.05, 0) is 92.2 Å². The van der Waals surface area contributed by atoms with Crippen molar-refractivity contribution in [2.24, 2.45) is 11.5 Å². The van der Waals surface area contributed by atoms with Gasteiger partial charge in [-0.3, -0.25) is 34.4 Å². The van der Waals surface area contributed by atoms with Gasteiger partial charge in [0.2, 0.25) is 0 Å². The predicted molar refractivity (Wildman–Crippen MR) is 226 cm³/mol. The van der Waals surface area contributed by atoms with Gasteiger partial charge in [-0.15, -0.1) is 0 Å². The number of pyridine rings is 6. The third kappa shape index (κ3) is 10.6. The lowest BCUT2D eigenvalue weighted by Gasteiger charge is -2.21. The van der Waals surface area contributed by atoms with Gasteiger partial charge in [0, 0.05) is 79.6 Å². The van der Waals surface area contributed by atoms with Crippen LogP contribution in [0.15, 0.2) is 103 Å². The van der Waals surface area contributed by atoms with Crippen LogP contribution in [0.4, 0.5) is 0 Å². The largest absolute Gasteiger partial charge is 0.351 e. The zero-order chi connectivity index (χ0) is 40.9.